The summed E-state index contributed by atoms with van der Waals surface area (Å²) in [6.45, 7) is 11.6. The van der Waals surface area contributed by atoms with Crippen LogP contribution in [0.3, 0.4) is 0 Å². The largest absolute Gasteiger partial charge is 0.455 e. The van der Waals surface area contributed by atoms with E-state index in [1.54, 1.807) is 0 Å². The Morgan fingerprint density at radius 1 is 0.917 bits per heavy atom. The Bertz CT molecular complexity index is 989. The maximum atomic E-state index is 13.0. The smallest absolute Gasteiger partial charge is 0.241 e. The highest BCUT2D eigenvalue weighted by Crippen LogP contribution is 2.38. The van der Waals surface area contributed by atoms with Gasteiger partial charge in [-0.25, -0.2) is 0 Å². The maximum absolute atomic E-state index is 13.0. The topological polar surface area (TPSA) is 82.7 Å². The van der Waals surface area contributed by atoms with Gasteiger partial charge in [-0.1, -0.05) is 39.8 Å². The zero-order valence-corrected chi connectivity index (χ0v) is 22.2. The van der Waals surface area contributed by atoms with E-state index in [-0.39, 0.29) is 18.4 Å². The molecule has 0 atom stereocenters. The van der Waals surface area contributed by atoms with Crippen molar-refractivity contribution in [3.63, 3.8) is 0 Å². The minimum Gasteiger partial charge on any atom is -0.455 e. The molecule has 0 spiro atoms. The minimum absolute atomic E-state index is 0.0656. The highest BCUT2D eigenvalue weighted by molar-refractivity contribution is 5.97. The molecule has 2 aromatic rings. The molecule has 3 rings (SSSR count). The van der Waals surface area contributed by atoms with E-state index in [9.17, 15) is 9.59 Å². The summed E-state index contributed by atoms with van der Waals surface area (Å²) in [5, 5.41) is 9.36. The van der Waals surface area contributed by atoms with Crippen LogP contribution in [0.5, 0.6) is 11.5 Å². The molecule has 1 heterocycles. The summed E-state index contributed by atoms with van der Waals surface area (Å²) >= 11 is 0. The van der Waals surface area contributed by atoms with E-state index >= 15 is 0 Å². The first-order chi connectivity index (χ1) is 17.3. The Hall–Kier alpha value is -2.90. The number of nitrogens with zero attached hydrogens (tertiary/aromatic N) is 1. The number of hydrogen-bond acceptors (Lipinski definition) is 5. The Morgan fingerprint density at radius 2 is 1.58 bits per heavy atom. The van der Waals surface area contributed by atoms with Crippen molar-refractivity contribution >= 4 is 23.2 Å². The standard InChI is InChI=1S/C29H42N4O3/c1-21(2)14-16-30-19-27(34)32-24-10-12-25(13-11-24)36-26-9-5-7-23-8-6-18-33(29(23)26)28(35)20-31-17-15-22(3)4/h5,7,9-13,21-22,30-31H,6,8,14-20H2,1-4H3,(H,32,34). The van der Waals surface area contributed by atoms with Crippen molar-refractivity contribution in [2.24, 2.45) is 11.8 Å². The number of carbonyl (C=O) groups is 2. The minimum atomic E-state index is -0.0688. The monoisotopic (exact) mass is 494 g/mol. The van der Waals surface area contributed by atoms with Crippen LogP contribution in [-0.2, 0) is 16.0 Å². The fourth-order valence-electron chi connectivity index (χ4n) is 4.16. The molecule has 1 aliphatic heterocycles. The predicted molar refractivity (Wildman–Crippen MR) is 147 cm³/mol. The summed E-state index contributed by atoms with van der Waals surface area (Å²) in [7, 11) is 0. The van der Waals surface area contributed by atoms with E-state index in [1.165, 1.54) is 0 Å². The van der Waals surface area contributed by atoms with E-state index < -0.39 is 0 Å². The molecule has 0 aliphatic carbocycles. The van der Waals surface area contributed by atoms with Crippen LogP contribution in [-0.4, -0.2) is 44.5 Å². The SMILES string of the molecule is CC(C)CCNCC(=O)Nc1ccc(Oc2cccc3c2N(C(=O)CNCCC(C)C)CCC3)cc1. The molecule has 2 aromatic carbocycles. The van der Waals surface area contributed by atoms with Gasteiger partial charge in [-0.2, -0.15) is 0 Å². The number of rotatable bonds is 13. The number of nitrogens with one attached hydrogen (secondary N) is 3. The van der Waals surface area contributed by atoms with Gasteiger partial charge in [0.25, 0.3) is 0 Å². The van der Waals surface area contributed by atoms with E-state index in [2.05, 4.69) is 49.7 Å². The van der Waals surface area contributed by atoms with Crippen molar-refractivity contribution in [3.05, 3.63) is 48.0 Å². The van der Waals surface area contributed by atoms with Gasteiger partial charge in [0.2, 0.25) is 11.8 Å². The third kappa shape index (κ3) is 8.64. The van der Waals surface area contributed by atoms with Gasteiger partial charge in [0.1, 0.15) is 5.75 Å². The van der Waals surface area contributed by atoms with Gasteiger partial charge in [-0.15, -0.1) is 0 Å². The molecule has 7 heteroatoms. The number of fused-ring (bicyclic) bond motifs is 1. The summed E-state index contributed by atoms with van der Waals surface area (Å²) in [6.07, 6.45) is 3.95. The Labute approximate surface area is 216 Å². The molecule has 1 aliphatic rings. The number of aryl methyl sites for hydroxylation is 1. The Balaban J connectivity index is 1.60. The lowest BCUT2D eigenvalue weighted by Gasteiger charge is -2.31. The van der Waals surface area contributed by atoms with E-state index in [0.717, 1.165) is 55.7 Å². The molecule has 0 bridgehead atoms. The second-order valence-electron chi connectivity index (χ2n) is 10.3. The first-order valence-electron chi connectivity index (χ1n) is 13.2. The number of para-hydroxylation sites is 1. The van der Waals surface area contributed by atoms with Crippen molar-refractivity contribution < 1.29 is 14.3 Å². The summed E-state index contributed by atoms with van der Waals surface area (Å²) in [5.74, 6) is 2.55. The Kier molecular flexibility index (Phi) is 10.8. The molecule has 0 saturated heterocycles. The molecule has 196 valence electrons. The number of hydrogen-bond donors (Lipinski definition) is 3. The highest BCUT2D eigenvalue weighted by Gasteiger charge is 2.26. The predicted octanol–water partition coefficient (Wildman–Crippen LogP) is 4.97. The second kappa shape index (κ2) is 14.0. The van der Waals surface area contributed by atoms with E-state index in [0.29, 0.717) is 36.4 Å². The van der Waals surface area contributed by atoms with Crippen LogP contribution in [0.2, 0.25) is 0 Å². The molecule has 0 saturated carbocycles. The van der Waals surface area contributed by atoms with Crippen LogP contribution in [0, 0.1) is 11.8 Å². The lowest BCUT2D eigenvalue weighted by atomic mass is 10.0. The average molecular weight is 495 g/mol. The fraction of sp³-hybridized carbons (Fsp3) is 0.517. The van der Waals surface area contributed by atoms with Gasteiger partial charge in [0.05, 0.1) is 18.8 Å². The molecule has 36 heavy (non-hydrogen) atoms. The van der Waals surface area contributed by atoms with Crippen LogP contribution < -0.4 is 25.6 Å². The molecule has 0 unspecified atom stereocenters. The van der Waals surface area contributed by atoms with Gasteiger partial charge < -0.3 is 25.6 Å². The van der Waals surface area contributed by atoms with Gasteiger partial charge in [-0.3, -0.25) is 9.59 Å². The molecule has 0 aromatic heterocycles. The summed E-state index contributed by atoms with van der Waals surface area (Å²) < 4.78 is 6.24. The first-order valence-corrected chi connectivity index (χ1v) is 13.2. The zero-order valence-electron chi connectivity index (χ0n) is 22.2. The zero-order chi connectivity index (χ0) is 25.9. The molecule has 7 nitrogen and oxygen atoms in total. The van der Waals surface area contributed by atoms with Gasteiger partial charge in [0.15, 0.2) is 5.75 Å². The number of carbonyl (C=O) groups excluding carboxylic acids is 2. The van der Waals surface area contributed by atoms with Gasteiger partial charge >= 0.3 is 0 Å². The van der Waals surface area contributed by atoms with Crippen molar-refractivity contribution in [1.82, 2.24) is 10.6 Å². The average Bonchev–Trinajstić information content (AvgIpc) is 2.85. The van der Waals surface area contributed by atoms with Crippen LogP contribution in [0.1, 0.15) is 52.5 Å². The van der Waals surface area contributed by atoms with Gasteiger partial charge in [-0.05, 0) is 86.5 Å². The van der Waals surface area contributed by atoms with Crippen molar-refractivity contribution in [3.8, 4) is 11.5 Å². The van der Waals surface area contributed by atoms with Gasteiger partial charge in [0, 0.05) is 12.2 Å². The molecule has 3 N–H and O–H groups in total. The molecular formula is C29H42N4O3. The van der Waals surface area contributed by atoms with Crippen LogP contribution >= 0.6 is 0 Å². The number of benzene rings is 2. The van der Waals surface area contributed by atoms with Crippen LogP contribution in [0.25, 0.3) is 0 Å². The maximum Gasteiger partial charge on any atom is 0.241 e. The lowest BCUT2D eigenvalue weighted by Crippen LogP contribution is -2.41. The quantitative estimate of drug-likeness (QED) is 0.343. The van der Waals surface area contributed by atoms with E-state index in [1.807, 2.05) is 41.3 Å². The lowest BCUT2D eigenvalue weighted by molar-refractivity contribution is -0.118. The van der Waals surface area contributed by atoms with Crippen LogP contribution in [0.4, 0.5) is 11.4 Å². The number of ether oxygens (including phenoxy) is 1. The summed E-state index contributed by atoms with van der Waals surface area (Å²) in [4.78, 5) is 27.1. The first kappa shape index (κ1) is 27.7. The fourth-order valence-corrected chi connectivity index (χ4v) is 4.16. The van der Waals surface area contributed by atoms with Crippen molar-refractivity contribution in [1.29, 1.82) is 0 Å². The number of amides is 2. The third-order valence-corrected chi connectivity index (χ3v) is 6.21. The third-order valence-electron chi connectivity index (χ3n) is 6.21. The van der Waals surface area contributed by atoms with Crippen LogP contribution in [0.15, 0.2) is 42.5 Å². The highest BCUT2D eigenvalue weighted by atomic mass is 16.5. The normalized spacial score (nSPS) is 13.1. The Morgan fingerprint density at radius 3 is 2.25 bits per heavy atom. The number of anilines is 2. The van der Waals surface area contributed by atoms with Crippen molar-refractivity contribution in [2.75, 3.05) is 42.9 Å². The summed E-state index contributed by atoms with van der Waals surface area (Å²) in [5.41, 5.74) is 2.71. The summed E-state index contributed by atoms with van der Waals surface area (Å²) in [6, 6.07) is 13.3. The van der Waals surface area contributed by atoms with E-state index in [4.69, 9.17) is 4.74 Å². The molecule has 0 fully saturated rings. The molecule has 2 amide bonds. The molecule has 0 radical (unpaired) electrons. The van der Waals surface area contributed by atoms with Crippen molar-refractivity contribution in [2.45, 2.75) is 53.4 Å². The molecular weight excluding hydrogens is 452 g/mol. The second-order valence-corrected chi connectivity index (χ2v) is 10.3.